The fraction of sp³-hybridized carbons (Fsp3) is 0.0667. The number of anilines is 1. The van der Waals surface area contributed by atoms with Crippen LogP contribution in [0.5, 0.6) is 0 Å². The molecule has 7 nitrogen and oxygen atoms in total. The summed E-state index contributed by atoms with van der Waals surface area (Å²) in [6, 6.07) is 12.5. The zero-order valence-corrected chi connectivity index (χ0v) is 11.4. The highest BCUT2D eigenvalue weighted by Gasteiger charge is 2.10. The van der Waals surface area contributed by atoms with E-state index in [1.165, 1.54) is 6.20 Å². The van der Waals surface area contributed by atoms with E-state index in [9.17, 15) is 10.0 Å². The Kier molecular flexibility index (Phi) is 3.42. The monoisotopic (exact) mass is 293 g/mol. The van der Waals surface area contributed by atoms with Crippen molar-refractivity contribution in [3.63, 3.8) is 0 Å². The van der Waals surface area contributed by atoms with Crippen LogP contribution in [-0.2, 0) is 6.54 Å². The van der Waals surface area contributed by atoms with Crippen LogP contribution in [0.25, 0.3) is 11.0 Å². The number of hydrogen-bond donors (Lipinski definition) is 2. The van der Waals surface area contributed by atoms with E-state index in [1.807, 2.05) is 12.1 Å². The quantitative estimate of drug-likeness (QED) is 0.709. The number of aromatic nitrogens is 3. The average molecular weight is 293 g/mol. The number of fused-ring (bicyclic) bond motifs is 1. The molecule has 2 aromatic heterocycles. The molecule has 0 atom stereocenters. The molecular formula is C15H11N5O2. The van der Waals surface area contributed by atoms with E-state index in [0.717, 1.165) is 5.56 Å². The minimum Gasteiger partial charge on any atom is -0.422 e. The zero-order chi connectivity index (χ0) is 15.5. The lowest BCUT2D eigenvalue weighted by Crippen LogP contribution is -2.23. The predicted octanol–water partition coefficient (Wildman–Crippen LogP) is 1.51. The van der Waals surface area contributed by atoms with Gasteiger partial charge in [-0.25, -0.2) is 9.78 Å². The molecule has 0 fully saturated rings. The van der Waals surface area contributed by atoms with E-state index in [4.69, 9.17) is 5.26 Å². The summed E-state index contributed by atoms with van der Waals surface area (Å²) in [6.45, 7) is 0.428. The molecule has 2 heterocycles. The maximum absolute atomic E-state index is 11.6. The molecule has 0 saturated carbocycles. The summed E-state index contributed by atoms with van der Waals surface area (Å²) in [4.78, 5) is 19.4. The van der Waals surface area contributed by atoms with Crippen molar-refractivity contribution in [2.24, 2.45) is 0 Å². The van der Waals surface area contributed by atoms with Crippen LogP contribution in [0, 0.1) is 11.3 Å². The van der Waals surface area contributed by atoms with Gasteiger partial charge in [0.1, 0.15) is 5.82 Å². The number of rotatable bonds is 3. The molecule has 2 N–H and O–H groups in total. The van der Waals surface area contributed by atoms with Crippen molar-refractivity contribution in [3.8, 4) is 6.07 Å². The van der Waals surface area contributed by atoms with Gasteiger partial charge in [0.2, 0.25) is 0 Å². The van der Waals surface area contributed by atoms with Crippen LogP contribution in [0.2, 0.25) is 0 Å². The van der Waals surface area contributed by atoms with Gasteiger partial charge in [-0.05, 0) is 29.8 Å². The summed E-state index contributed by atoms with van der Waals surface area (Å²) in [5.74, 6) is 0.350. The Balaban J connectivity index is 1.92. The van der Waals surface area contributed by atoms with E-state index in [-0.39, 0.29) is 5.65 Å². The smallest absolute Gasteiger partial charge is 0.384 e. The van der Waals surface area contributed by atoms with Gasteiger partial charge in [-0.2, -0.15) is 10.2 Å². The number of benzene rings is 1. The van der Waals surface area contributed by atoms with Crippen molar-refractivity contribution in [2.45, 2.75) is 6.54 Å². The molecule has 0 saturated heterocycles. The summed E-state index contributed by atoms with van der Waals surface area (Å²) in [7, 11) is 0. The van der Waals surface area contributed by atoms with Crippen LogP contribution < -0.4 is 11.0 Å². The lowest BCUT2D eigenvalue weighted by Gasteiger charge is -2.09. The van der Waals surface area contributed by atoms with Gasteiger partial charge in [0.25, 0.3) is 0 Å². The number of nitrogens with zero attached hydrogens (tertiary/aromatic N) is 4. The molecule has 0 aliphatic heterocycles. The second kappa shape index (κ2) is 5.54. The van der Waals surface area contributed by atoms with Crippen molar-refractivity contribution in [3.05, 3.63) is 64.2 Å². The van der Waals surface area contributed by atoms with Crippen molar-refractivity contribution in [1.29, 1.82) is 5.26 Å². The van der Waals surface area contributed by atoms with Gasteiger partial charge >= 0.3 is 5.69 Å². The van der Waals surface area contributed by atoms with Crippen molar-refractivity contribution >= 4 is 16.9 Å². The second-order valence-corrected chi connectivity index (χ2v) is 4.59. The van der Waals surface area contributed by atoms with Gasteiger partial charge in [-0.1, -0.05) is 12.1 Å². The minimum atomic E-state index is -0.798. The third-order valence-corrected chi connectivity index (χ3v) is 3.17. The molecular weight excluding hydrogens is 282 g/mol. The van der Waals surface area contributed by atoms with Gasteiger partial charge in [0, 0.05) is 12.7 Å². The van der Waals surface area contributed by atoms with E-state index < -0.39 is 5.69 Å². The topological polar surface area (TPSA) is 104 Å². The lowest BCUT2D eigenvalue weighted by atomic mass is 10.1. The summed E-state index contributed by atoms with van der Waals surface area (Å²) in [5.41, 5.74) is 0.865. The summed E-state index contributed by atoms with van der Waals surface area (Å²) in [6.07, 6.45) is 1.49. The maximum atomic E-state index is 11.6. The first kappa shape index (κ1) is 13.6. The number of pyridine rings is 1. The second-order valence-electron chi connectivity index (χ2n) is 4.59. The van der Waals surface area contributed by atoms with E-state index >= 15 is 0 Å². The summed E-state index contributed by atoms with van der Waals surface area (Å²) < 4.78 is 0.419. The van der Waals surface area contributed by atoms with Crippen LogP contribution >= 0.6 is 0 Å². The summed E-state index contributed by atoms with van der Waals surface area (Å²) >= 11 is 0. The molecule has 7 heteroatoms. The third-order valence-electron chi connectivity index (χ3n) is 3.17. The summed E-state index contributed by atoms with van der Waals surface area (Å²) in [5, 5.41) is 22.0. The van der Waals surface area contributed by atoms with Gasteiger partial charge in [0.15, 0.2) is 5.65 Å². The van der Waals surface area contributed by atoms with Crippen LogP contribution in [-0.4, -0.2) is 19.9 Å². The van der Waals surface area contributed by atoms with Crippen LogP contribution in [0.1, 0.15) is 11.1 Å². The molecule has 0 unspecified atom stereocenters. The van der Waals surface area contributed by atoms with Crippen molar-refractivity contribution in [1.82, 2.24) is 14.7 Å². The van der Waals surface area contributed by atoms with Crippen LogP contribution in [0.15, 0.2) is 47.4 Å². The normalized spacial score (nSPS) is 10.3. The lowest BCUT2D eigenvalue weighted by molar-refractivity contribution is 0.182. The molecule has 3 rings (SSSR count). The first-order chi connectivity index (χ1) is 10.7. The molecule has 0 aliphatic carbocycles. The Morgan fingerprint density at radius 3 is 2.77 bits per heavy atom. The zero-order valence-electron chi connectivity index (χ0n) is 11.4. The van der Waals surface area contributed by atoms with E-state index in [0.29, 0.717) is 28.0 Å². The molecule has 0 spiro atoms. The highest BCUT2D eigenvalue weighted by molar-refractivity contribution is 5.86. The number of nitriles is 1. The number of nitrogens with one attached hydrogen (secondary N) is 1. The predicted molar refractivity (Wildman–Crippen MR) is 79.5 cm³/mol. The van der Waals surface area contributed by atoms with Crippen LogP contribution in [0.4, 0.5) is 5.82 Å². The molecule has 0 aliphatic rings. The van der Waals surface area contributed by atoms with Gasteiger partial charge in [0.05, 0.1) is 17.0 Å². The maximum Gasteiger partial charge on any atom is 0.384 e. The fourth-order valence-corrected chi connectivity index (χ4v) is 2.06. The van der Waals surface area contributed by atoms with E-state index in [2.05, 4.69) is 21.4 Å². The van der Waals surface area contributed by atoms with Gasteiger partial charge in [-0.3, -0.25) is 0 Å². The molecule has 22 heavy (non-hydrogen) atoms. The van der Waals surface area contributed by atoms with Gasteiger partial charge in [-0.15, -0.1) is 4.73 Å². The Labute approximate surface area is 125 Å². The van der Waals surface area contributed by atoms with Gasteiger partial charge < -0.3 is 10.5 Å². The molecule has 0 radical (unpaired) electrons. The Morgan fingerprint density at radius 2 is 2.05 bits per heavy atom. The molecule has 1 aromatic carbocycles. The molecule has 108 valence electrons. The van der Waals surface area contributed by atoms with Crippen molar-refractivity contribution < 1.29 is 5.21 Å². The van der Waals surface area contributed by atoms with Crippen LogP contribution in [0.3, 0.4) is 0 Å². The first-order valence-electron chi connectivity index (χ1n) is 6.49. The Morgan fingerprint density at radius 1 is 1.27 bits per heavy atom. The average Bonchev–Trinajstić information content (AvgIpc) is 2.57. The minimum absolute atomic E-state index is 0.143. The fourth-order valence-electron chi connectivity index (χ4n) is 2.06. The SMILES string of the molecule is N#Cc1ccc(CNc2nc(=O)n(O)c3ncccc23)cc1. The van der Waals surface area contributed by atoms with E-state index in [1.54, 1.807) is 24.3 Å². The Hall–Kier alpha value is -3.40. The van der Waals surface area contributed by atoms with Crippen molar-refractivity contribution in [2.75, 3.05) is 5.32 Å². The standard InChI is InChI=1S/C15H11N5O2/c16-8-10-3-5-11(6-4-10)9-18-13-12-2-1-7-17-14(12)20(22)15(21)19-13/h1-7,22H,9H2,(H,18,19,21). The third kappa shape index (κ3) is 2.45. The highest BCUT2D eigenvalue weighted by atomic mass is 16.5. The largest absolute Gasteiger partial charge is 0.422 e. The molecule has 3 aromatic rings. The molecule has 0 amide bonds. The molecule has 0 bridgehead atoms. The highest BCUT2D eigenvalue weighted by Crippen LogP contribution is 2.17. The first-order valence-corrected chi connectivity index (χ1v) is 6.49. The Bertz CT molecular complexity index is 925. The number of hydrogen-bond acceptors (Lipinski definition) is 6.